The second kappa shape index (κ2) is 9.25. The molecule has 2 N–H and O–H groups in total. The SMILES string of the molecule is CCSS[P@@](=O)(OC[C@H]1OCCC1O)OC1CCO[C@@H]1CO. The summed E-state index contributed by atoms with van der Waals surface area (Å²) in [6.07, 6.45) is -0.875. The van der Waals surface area contributed by atoms with Gasteiger partial charge in [-0.1, -0.05) is 17.7 Å². The number of aliphatic hydroxyl groups is 2. The molecule has 0 radical (unpaired) electrons. The number of rotatable bonds is 9. The van der Waals surface area contributed by atoms with Crippen LogP contribution in [0.1, 0.15) is 19.8 Å². The summed E-state index contributed by atoms with van der Waals surface area (Å²) >= 11 is 0. The van der Waals surface area contributed by atoms with Gasteiger partial charge in [0.05, 0.1) is 25.4 Å². The fraction of sp³-hybridized carbons (Fsp3) is 1.00. The quantitative estimate of drug-likeness (QED) is 0.463. The zero-order valence-electron chi connectivity index (χ0n) is 12.5. The molecule has 2 rings (SSSR count). The zero-order chi connectivity index (χ0) is 16.0. The van der Waals surface area contributed by atoms with E-state index in [-0.39, 0.29) is 13.2 Å². The average Bonchev–Trinajstić information content (AvgIpc) is 3.12. The van der Waals surface area contributed by atoms with Crippen molar-refractivity contribution in [3.8, 4) is 0 Å². The first-order valence-corrected chi connectivity index (χ1v) is 11.8. The Labute approximate surface area is 138 Å². The Kier molecular flexibility index (Phi) is 7.99. The van der Waals surface area contributed by atoms with Crippen molar-refractivity contribution >= 4 is 28.0 Å². The molecule has 2 saturated heterocycles. The lowest BCUT2D eigenvalue weighted by Crippen LogP contribution is -2.28. The van der Waals surface area contributed by atoms with Gasteiger partial charge in [0.25, 0.3) is 0 Å². The molecule has 0 aromatic carbocycles. The van der Waals surface area contributed by atoms with Crippen LogP contribution in [0.5, 0.6) is 0 Å². The largest absolute Gasteiger partial charge is 0.400 e. The van der Waals surface area contributed by atoms with Gasteiger partial charge in [-0.3, -0.25) is 9.05 Å². The molecule has 0 aromatic rings. The van der Waals surface area contributed by atoms with E-state index in [0.29, 0.717) is 26.1 Å². The maximum absolute atomic E-state index is 12.9. The van der Waals surface area contributed by atoms with Crippen molar-refractivity contribution < 1.29 is 33.3 Å². The van der Waals surface area contributed by atoms with Crippen molar-refractivity contribution in [2.75, 3.05) is 32.2 Å². The molecule has 2 aliphatic rings. The summed E-state index contributed by atoms with van der Waals surface area (Å²) in [4.78, 5) is 0. The maximum atomic E-state index is 12.9. The van der Waals surface area contributed by atoms with Crippen molar-refractivity contribution in [2.45, 2.75) is 44.2 Å². The number of hydrogen-bond acceptors (Lipinski definition) is 9. The molecular weight excluding hydrogens is 351 g/mol. The fourth-order valence-electron chi connectivity index (χ4n) is 2.23. The molecule has 10 heteroatoms. The smallest absolute Gasteiger partial charge is 0.394 e. The number of ether oxygens (including phenoxy) is 2. The molecule has 2 unspecified atom stereocenters. The van der Waals surface area contributed by atoms with E-state index in [1.165, 1.54) is 10.8 Å². The second-order valence-electron chi connectivity index (χ2n) is 5.01. The van der Waals surface area contributed by atoms with Crippen LogP contribution in [0.25, 0.3) is 0 Å². The third kappa shape index (κ3) is 5.36. The summed E-state index contributed by atoms with van der Waals surface area (Å²) in [6.45, 7) is -0.694. The standard InChI is InChI=1S/C12H23O7PS2/c1-2-21-22-20(15,18-8-12-9(14)3-5-17-12)19-10-4-6-16-11(10)7-13/h9-14H,2-8H2,1H3/t9?,10?,11-,12-,20+/m1/s1. The Balaban J connectivity index is 1.92. The molecule has 0 amide bonds. The predicted octanol–water partition coefficient (Wildman–Crippen LogP) is 1.83. The molecule has 0 aliphatic carbocycles. The molecule has 22 heavy (non-hydrogen) atoms. The minimum absolute atomic E-state index is 0.0209. The highest BCUT2D eigenvalue weighted by atomic mass is 33.3. The van der Waals surface area contributed by atoms with E-state index in [0.717, 1.165) is 16.2 Å². The van der Waals surface area contributed by atoms with Crippen LogP contribution >= 0.6 is 28.0 Å². The van der Waals surface area contributed by atoms with Gasteiger partial charge in [0.2, 0.25) is 0 Å². The third-order valence-corrected chi connectivity index (χ3v) is 9.68. The van der Waals surface area contributed by atoms with E-state index < -0.39 is 31.2 Å². The Morgan fingerprint density at radius 1 is 1.27 bits per heavy atom. The predicted molar refractivity (Wildman–Crippen MR) is 86.0 cm³/mol. The van der Waals surface area contributed by atoms with E-state index in [9.17, 15) is 14.8 Å². The Bertz CT molecular complexity index is 386. The average molecular weight is 374 g/mol. The molecule has 7 nitrogen and oxygen atoms in total. The molecule has 2 aliphatic heterocycles. The highest BCUT2D eigenvalue weighted by Gasteiger charge is 2.39. The Hall–Kier alpha value is 0.690. The molecule has 0 aromatic heterocycles. The van der Waals surface area contributed by atoms with E-state index >= 15 is 0 Å². The van der Waals surface area contributed by atoms with Gasteiger partial charge < -0.3 is 19.7 Å². The summed E-state index contributed by atoms with van der Waals surface area (Å²) in [6, 6.07) is 0. The third-order valence-electron chi connectivity index (χ3n) is 3.43. The van der Waals surface area contributed by atoms with Gasteiger partial charge in [-0.15, -0.1) is 0 Å². The van der Waals surface area contributed by atoms with Crippen LogP contribution in [0.3, 0.4) is 0 Å². The number of hydrogen-bond donors (Lipinski definition) is 2. The summed E-state index contributed by atoms with van der Waals surface area (Å²) < 4.78 is 34.7. The Morgan fingerprint density at radius 2 is 2.00 bits per heavy atom. The highest BCUT2D eigenvalue weighted by molar-refractivity contribution is 8.98. The first kappa shape index (κ1) is 19.0. The van der Waals surface area contributed by atoms with Crippen molar-refractivity contribution in [2.24, 2.45) is 0 Å². The van der Waals surface area contributed by atoms with E-state index in [4.69, 9.17) is 18.5 Å². The first-order valence-electron chi connectivity index (χ1n) is 7.34. The molecule has 0 saturated carbocycles. The zero-order valence-corrected chi connectivity index (χ0v) is 15.0. The monoisotopic (exact) mass is 374 g/mol. The van der Waals surface area contributed by atoms with Crippen LogP contribution in [0.15, 0.2) is 0 Å². The molecule has 2 fully saturated rings. The molecule has 5 atom stereocenters. The van der Waals surface area contributed by atoms with Crippen LogP contribution in [-0.2, 0) is 23.1 Å². The van der Waals surface area contributed by atoms with Gasteiger partial charge in [0.1, 0.15) is 12.2 Å². The molecule has 0 bridgehead atoms. The summed E-state index contributed by atoms with van der Waals surface area (Å²) in [5.41, 5.74) is 0. The fourth-order valence-corrected chi connectivity index (χ4v) is 7.78. The van der Waals surface area contributed by atoms with Gasteiger partial charge in [-0.25, -0.2) is 4.57 Å². The van der Waals surface area contributed by atoms with Crippen LogP contribution in [0, 0.1) is 0 Å². The lowest BCUT2D eigenvalue weighted by Gasteiger charge is -2.24. The first-order chi connectivity index (χ1) is 10.6. The van der Waals surface area contributed by atoms with E-state index in [1.807, 2.05) is 6.92 Å². The lowest BCUT2D eigenvalue weighted by molar-refractivity contribution is -0.00607. The van der Waals surface area contributed by atoms with Gasteiger partial charge in [0.15, 0.2) is 0 Å². The van der Waals surface area contributed by atoms with Crippen molar-refractivity contribution in [3.63, 3.8) is 0 Å². The van der Waals surface area contributed by atoms with Crippen molar-refractivity contribution in [3.05, 3.63) is 0 Å². The molecular formula is C12H23O7PS2. The second-order valence-corrected chi connectivity index (χ2v) is 11.2. The minimum atomic E-state index is -3.42. The van der Waals surface area contributed by atoms with Crippen molar-refractivity contribution in [1.82, 2.24) is 0 Å². The van der Waals surface area contributed by atoms with Crippen LogP contribution in [0.4, 0.5) is 0 Å². The van der Waals surface area contributed by atoms with Gasteiger partial charge in [-0.2, -0.15) is 0 Å². The van der Waals surface area contributed by atoms with Crippen molar-refractivity contribution in [1.29, 1.82) is 0 Å². The molecule has 2 heterocycles. The Morgan fingerprint density at radius 3 is 2.64 bits per heavy atom. The lowest BCUT2D eigenvalue weighted by atomic mass is 10.2. The van der Waals surface area contributed by atoms with Gasteiger partial charge in [-0.05, 0) is 6.42 Å². The summed E-state index contributed by atoms with van der Waals surface area (Å²) in [7, 11) is 2.45. The van der Waals surface area contributed by atoms with Gasteiger partial charge >= 0.3 is 6.80 Å². The van der Waals surface area contributed by atoms with E-state index in [2.05, 4.69) is 0 Å². The number of aliphatic hydroxyl groups excluding tert-OH is 2. The minimum Gasteiger partial charge on any atom is -0.394 e. The van der Waals surface area contributed by atoms with Crippen LogP contribution in [0.2, 0.25) is 0 Å². The van der Waals surface area contributed by atoms with Gasteiger partial charge in [0, 0.05) is 35.8 Å². The molecule has 130 valence electrons. The van der Waals surface area contributed by atoms with Crippen LogP contribution in [-0.4, -0.2) is 66.8 Å². The van der Waals surface area contributed by atoms with E-state index in [1.54, 1.807) is 0 Å². The normalized spacial score (nSPS) is 34.9. The maximum Gasteiger partial charge on any atom is 0.400 e. The summed E-state index contributed by atoms with van der Waals surface area (Å²) in [5, 5.41) is 19.0. The highest BCUT2D eigenvalue weighted by Crippen LogP contribution is 2.66. The summed E-state index contributed by atoms with van der Waals surface area (Å²) in [5.74, 6) is 0.758. The molecule has 0 spiro atoms. The topological polar surface area (TPSA) is 94.5 Å². The van der Waals surface area contributed by atoms with Crippen LogP contribution < -0.4 is 0 Å².